The van der Waals surface area contributed by atoms with Crippen molar-refractivity contribution in [1.29, 1.82) is 0 Å². The smallest absolute Gasteiger partial charge is 0.146 e. The molecule has 0 spiro atoms. The summed E-state index contributed by atoms with van der Waals surface area (Å²) in [5.74, 6) is 1.53. The Morgan fingerprint density at radius 2 is 1.64 bits per heavy atom. The molecule has 0 fully saturated rings. The van der Waals surface area contributed by atoms with Crippen LogP contribution in [-0.4, -0.2) is 5.11 Å². The maximum absolute atomic E-state index is 10.0. The molecule has 3 aromatic carbocycles. The molecule has 0 aliphatic heterocycles. The fraction of sp³-hybridized carbons (Fsp3) is 0.182. The van der Waals surface area contributed by atoms with Gasteiger partial charge in [-0.3, -0.25) is 0 Å². The Morgan fingerprint density at radius 1 is 0.880 bits per heavy atom. The summed E-state index contributed by atoms with van der Waals surface area (Å²) in [5, 5.41) is 10.6. The molecule has 0 saturated carbocycles. The number of halogens is 1. The maximum Gasteiger partial charge on any atom is 0.146 e. The SMILES string of the molecule is CC(C)(C)c1ccc(Oc2cccc(-c3ccccc3O)c2)c(Cl)c1. The predicted molar refractivity (Wildman–Crippen MR) is 104 cm³/mol. The molecule has 128 valence electrons. The average molecular weight is 353 g/mol. The van der Waals surface area contributed by atoms with Crippen molar-refractivity contribution in [1.82, 2.24) is 0 Å². The van der Waals surface area contributed by atoms with Gasteiger partial charge in [-0.25, -0.2) is 0 Å². The Bertz CT molecular complexity index is 895. The van der Waals surface area contributed by atoms with E-state index in [2.05, 4.69) is 20.8 Å². The van der Waals surface area contributed by atoms with Crippen molar-refractivity contribution in [3.05, 3.63) is 77.3 Å². The number of para-hydroxylation sites is 1. The molecule has 0 saturated heterocycles. The second-order valence-electron chi connectivity index (χ2n) is 7.04. The predicted octanol–water partition coefficient (Wildman–Crippen LogP) is 6.80. The van der Waals surface area contributed by atoms with Crippen LogP contribution < -0.4 is 4.74 Å². The number of rotatable bonds is 3. The Hall–Kier alpha value is -2.45. The van der Waals surface area contributed by atoms with Gasteiger partial charge in [0.2, 0.25) is 0 Å². The zero-order chi connectivity index (χ0) is 18.0. The number of hydrogen-bond donors (Lipinski definition) is 1. The van der Waals surface area contributed by atoms with Gasteiger partial charge in [0, 0.05) is 5.56 Å². The Morgan fingerprint density at radius 3 is 2.32 bits per heavy atom. The minimum absolute atomic E-state index is 0.0346. The Balaban J connectivity index is 1.90. The van der Waals surface area contributed by atoms with E-state index in [4.69, 9.17) is 16.3 Å². The Kier molecular flexibility index (Phi) is 4.73. The van der Waals surface area contributed by atoms with Crippen LogP contribution in [-0.2, 0) is 5.41 Å². The molecule has 1 N–H and O–H groups in total. The van der Waals surface area contributed by atoms with Crippen LogP contribution in [0.4, 0.5) is 0 Å². The summed E-state index contributed by atoms with van der Waals surface area (Å²) >= 11 is 6.40. The van der Waals surface area contributed by atoms with E-state index in [-0.39, 0.29) is 11.2 Å². The second kappa shape index (κ2) is 6.81. The summed E-state index contributed by atoms with van der Waals surface area (Å²) < 4.78 is 5.97. The van der Waals surface area contributed by atoms with Crippen molar-refractivity contribution in [3.8, 4) is 28.4 Å². The van der Waals surface area contributed by atoms with Gasteiger partial charge >= 0.3 is 0 Å². The fourth-order valence-corrected chi connectivity index (χ4v) is 2.84. The number of benzene rings is 3. The number of aromatic hydroxyl groups is 1. The van der Waals surface area contributed by atoms with E-state index in [1.54, 1.807) is 12.1 Å². The maximum atomic E-state index is 10.0. The van der Waals surface area contributed by atoms with Crippen molar-refractivity contribution >= 4 is 11.6 Å². The molecule has 0 amide bonds. The van der Waals surface area contributed by atoms with Crippen molar-refractivity contribution in [2.45, 2.75) is 26.2 Å². The molecule has 3 rings (SSSR count). The zero-order valence-corrected chi connectivity index (χ0v) is 15.3. The molecule has 0 atom stereocenters. The lowest BCUT2D eigenvalue weighted by molar-refractivity contribution is 0.476. The van der Waals surface area contributed by atoms with E-state index in [0.29, 0.717) is 16.5 Å². The summed E-state index contributed by atoms with van der Waals surface area (Å²) in [6, 6.07) is 20.7. The lowest BCUT2D eigenvalue weighted by Gasteiger charge is -2.20. The molecule has 0 aromatic heterocycles. The van der Waals surface area contributed by atoms with Crippen LogP contribution in [0.5, 0.6) is 17.2 Å². The molecule has 2 nitrogen and oxygen atoms in total. The third-order valence-electron chi connectivity index (χ3n) is 4.07. The summed E-state index contributed by atoms with van der Waals surface area (Å²) in [4.78, 5) is 0. The molecule has 0 unspecified atom stereocenters. The molecule has 0 bridgehead atoms. The molecule has 0 heterocycles. The standard InChI is InChI=1S/C22H21ClO2/c1-22(2,3)16-11-12-21(19(23)14-16)25-17-8-6-7-15(13-17)18-9-4-5-10-20(18)24/h4-14,24H,1-3H3. The first-order valence-corrected chi connectivity index (χ1v) is 8.59. The van der Waals surface area contributed by atoms with E-state index < -0.39 is 0 Å². The highest BCUT2D eigenvalue weighted by Gasteiger charge is 2.16. The number of phenolic OH excluding ortho intramolecular Hbond substituents is 1. The molecule has 0 aliphatic carbocycles. The van der Waals surface area contributed by atoms with Crippen molar-refractivity contribution in [2.75, 3.05) is 0 Å². The van der Waals surface area contributed by atoms with E-state index in [1.165, 1.54) is 0 Å². The molecular weight excluding hydrogens is 332 g/mol. The van der Waals surface area contributed by atoms with E-state index in [0.717, 1.165) is 16.7 Å². The first-order valence-electron chi connectivity index (χ1n) is 8.21. The van der Waals surface area contributed by atoms with Crippen LogP contribution >= 0.6 is 11.6 Å². The van der Waals surface area contributed by atoms with Gasteiger partial charge in [0.25, 0.3) is 0 Å². The van der Waals surface area contributed by atoms with Crippen LogP contribution in [0.2, 0.25) is 5.02 Å². The molecule has 3 heteroatoms. The molecule has 0 radical (unpaired) electrons. The number of ether oxygens (including phenoxy) is 1. The quantitative estimate of drug-likeness (QED) is 0.561. The second-order valence-corrected chi connectivity index (χ2v) is 7.45. The highest BCUT2D eigenvalue weighted by molar-refractivity contribution is 6.32. The molecule has 3 aromatic rings. The van der Waals surface area contributed by atoms with Gasteiger partial charge in [-0.15, -0.1) is 0 Å². The average Bonchev–Trinajstić information content (AvgIpc) is 2.56. The Labute approximate surface area is 153 Å². The van der Waals surface area contributed by atoms with Crippen LogP contribution in [0.25, 0.3) is 11.1 Å². The van der Waals surface area contributed by atoms with Crippen LogP contribution in [0.1, 0.15) is 26.3 Å². The molecule has 0 aliphatic rings. The summed E-state index contributed by atoms with van der Waals surface area (Å²) in [6.45, 7) is 6.44. The summed E-state index contributed by atoms with van der Waals surface area (Å²) in [6.07, 6.45) is 0. The van der Waals surface area contributed by atoms with Gasteiger partial charge in [-0.05, 0) is 46.9 Å². The lowest BCUT2D eigenvalue weighted by atomic mass is 9.87. The van der Waals surface area contributed by atoms with Crippen LogP contribution in [0, 0.1) is 0 Å². The van der Waals surface area contributed by atoms with Gasteiger partial charge in [0.15, 0.2) is 0 Å². The lowest BCUT2D eigenvalue weighted by Crippen LogP contribution is -2.10. The third kappa shape index (κ3) is 3.97. The van der Waals surface area contributed by atoms with Crippen molar-refractivity contribution < 1.29 is 9.84 Å². The number of hydrogen-bond acceptors (Lipinski definition) is 2. The van der Waals surface area contributed by atoms with Gasteiger partial charge in [-0.2, -0.15) is 0 Å². The first-order chi connectivity index (χ1) is 11.8. The van der Waals surface area contributed by atoms with Gasteiger partial charge in [0.05, 0.1) is 5.02 Å². The van der Waals surface area contributed by atoms with Crippen molar-refractivity contribution in [2.24, 2.45) is 0 Å². The van der Waals surface area contributed by atoms with Crippen molar-refractivity contribution in [3.63, 3.8) is 0 Å². The minimum Gasteiger partial charge on any atom is -0.507 e. The van der Waals surface area contributed by atoms with E-state index in [1.807, 2.05) is 54.6 Å². The largest absolute Gasteiger partial charge is 0.507 e. The van der Waals surface area contributed by atoms with E-state index in [9.17, 15) is 5.11 Å². The fourth-order valence-electron chi connectivity index (χ4n) is 2.62. The minimum atomic E-state index is 0.0346. The van der Waals surface area contributed by atoms with Crippen LogP contribution in [0.3, 0.4) is 0 Å². The highest BCUT2D eigenvalue weighted by Crippen LogP contribution is 2.36. The third-order valence-corrected chi connectivity index (χ3v) is 4.37. The summed E-state index contributed by atoms with van der Waals surface area (Å²) in [7, 11) is 0. The van der Waals surface area contributed by atoms with E-state index >= 15 is 0 Å². The topological polar surface area (TPSA) is 29.5 Å². The summed E-state index contributed by atoms with van der Waals surface area (Å²) in [5.41, 5.74) is 2.85. The van der Waals surface area contributed by atoms with Gasteiger partial charge in [0.1, 0.15) is 17.2 Å². The van der Waals surface area contributed by atoms with Crippen LogP contribution in [0.15, 0.2) is 66.7 Å². The molecule has 25 heavy (non-hydrogen) atoms. The normalized spacial score (nSPS) is 11.4. The molecular formula is C22H21ClO2. The van der Waals surface area contributed by atoms with Gasteiger partial charge in [-0.1, -0.05) is 68.8 Å². The number of phenols is 1. The zero-order valence-electron chi connectivity index (χ0n) is 14.6. The highest BCUT2D eigenvalue weighted by atomic mass is 35.5. The monoisotopic (exact) mass is 352 g/mol. The van der Waals surface area contributed by atoms with Gasteiger partial charge < -0.3 is 9.84 Å². The first kappa shape index (κ1) is 17.4.